The molecule has 0 radical (unpaired) electrons. The minimum atomic E-state index is -0.804. The molecule has 0 bridgehead atoms. The zero-order valence-corrected chi connectivity index (χ0v) is 18.6. The monoisotopic (exact) mass is 453 g/mol. The van der Waals surface area contributed by atoms with Crippen molar-refractivity contribution in [3.63, 3.8) is 0 Å². The van der Waals surface area contributed by atoms with Crippen molar-refractivity contribution >= 4 is 35.5 Å². The SMILES string of the molecule is Cc1ccc(NC(=O)C(=O)NCc2ccc(/C=N/NC(=O)C(=O)N3CCCCC3)o2)cc1C. The molecular formula is C23H27N5O5. The maximum atomic E-state index is 12.1. The summed E-state index contributed by atoms with van der Waals surface area (Å²) in [4.78, 5) is 49.6. The summed E-state index contributed by atoms with van der Waals surface area (Å²) >= 11 is 0. The molecule has 33 heavy (non-hydrogen) atoms. The van der Waals surface area contributed by atoms with E-state index >= 15 is 0 Å². The minimum absolute atomic E-state index is 0.00712. The first-order valence-corrected chi connectivity index (χ1v) is 10.7. The van der Waals surface area contributed by atoms with Crippen molar-refractivity contribution in [2.45, 2.75) is 39.7 Å². The van der Waals surface area contributed by atoms with Crippen LogP contribution >= 0.6 is 0 Å². The topological polar surface area (TPSA) is 133 Å². The molecule has 1 aromatic heterocycles. The number of furan rings is 1. The highest BCUT2D eigenvalue weighted by molar-refractivity contribution is 6.39. The Bertz CT molecular complexity index is 1070. The van der Waals surface area contributed by atoms with Crippen LogP contribution in [0.25, 0.3) is 0 Å². The number of nitrogens with zero attached hydrogens (tertiary/aromatic N) is 2. The first-order chi connectivity index (χ1) is 15.8. The zero-order chi connectivity index (χ0) is 23.8. The Morgan fingerprint density at radius 1 is 0.970 bits per heavy atom. The molecule has 10 nitrogen and oxygen atoms in total. The van der Waals surface area contributed by atoms with Gasteiger partial charge in [0.15, 0.2) is 0 Å². The third kappa shape index (κ3) is 6.76. The summed E-state index contributed by atoms with van der Waals surface area (Å²) in [6, 6.07) is 8.56. The van der Waals surface area contributed by atoms with E-state index in [4.69, 9.17) is 4.42 Å². The number of nitrogens with one attached hydrogen (secondary N) is 3. The Morgan fingerprint density at radius 3 is 2.45 bits per heavy atom. The molecule has 1 saturated heterocycles. The molecule has 0 aliphatic carbocycles. The number of carbonyl (C=O) groups is 4. The number of likely N-dealkylation sites (tertiary alicyclic amines) is 1. The van der Waals surface area contributed by atoms with Gasteiger partial charge >= 0.3 is 23.6 Å². The van der Waals surface area contributed by atoms with Crippen molar-refractivity contribution in [2.75, 3.05) is 18.4 Å². The fourth-order valence-electron chi connectivity index (χ4n) is 3.26. The van der Waals surface area contributed by atoms with Crippen molar-refractivity contribution in [2.24, 2.45) is 5.10 Å². The smallest absolute Gasteiger partial charge is 0.329 e. The number of hydrazone groups is 1. The van der Waals surface area contributed by atoms with Gasteiger partial charge in [0, 0.05) is 18.8 Å². The fraction of sp³-hybridized carbons (Fsp3) is 0.348. The number of amides is 4. The van der Waals surface area contributed by atoms with Gasteiger partial charge < -0.3 is 20.0 Å². The van der Waals surface area contributed by atoms with E-state index < -0.39 is 23.6 Å². The van der Waals surface area contributed by atoms with Crippen LogP contribution in [0.3, 0.4) is 0 Å². The van der Waals surface area contributed by atoms with E-state index in [1.165, 1.54) is 11.1 Å². The van der Waals surface area contributed by atoms with E-state index in [0.717, 1.165) is 30.4 Å². The van der Waals surface area contributed by atoms with Crippen LogP contribution in [0.15, 0.2) is 39.9 Å². The van der Waals surface area contributed by atoms with E-state index in [9.17, 15) is 19.2 Å². The second-order valence-corrected chi connectivity index (χ2v) is 7.79. The van der Waals surface area contributed by atoms with E-state index in [-0.39, 0.29) is 6.54 Å². The summed E-state index contributed by atoms with van der Waals surface area (Å²) in [5, 5.41) is 8.76. The fourth-order valence-corrected chi connectivity index (χ4v) is 3.26. The Labute approximate surface area is 191 Å². The summed E-state index contributed by atoms with van der Waals surface area (Å²) < 4.78 is 5.48. The summed E-state index contributed by atoms with van der Waals surface area (Å²) in [5.74, 6) is -2.30. The molecule has 1 aromatic carbocycles. The molecule has 3 N–H and O–H groups in total. The molecule has 0 spiro atoms. The van der Waals surface area contributed by atoms with Crippen molar-refractivity contribution in [3.05, 3.63) is 53.0 Å². The Balaban J connectivity index is 1.43. The lowest BCUT2D eigenvalue weighted by Crippen LogP contribution is -2.43. The quantitative estimate of drug-likeness (QED) is 0.359. The van der Waals surface area contributed by atoms with Crippen LogP contribution in [0.5, 0.6) is 0 Å². The van der Waals surface area contributed by atoms with Gasteiger partial charge in [-0.25, -0.2) is 5.43 Å². The average Bonchev–Trinajstić information content (AvgIpc) is 3.27. The van der Waals surface area contributed by atoms with Gasteiger partial charge in [-0.1, -0.05) is 6.07 Å². The third-order valence-corrected chi connectivity index (χ3v) is 5.27. The predicted octanol–water partition coefficient (Wildman–Crippen LogP) is 1.61. The van der Waals surface area contributed by atoms with E-state index in [2.05, 4.69) is 21.2 Å². The van der Waals surface area contributed by atoms with Crippen LogP contribution in [0.1, 0.15) is 41.9 Å². The van der Waals surface area contributed by atoms with E-state index in [1.807, 2.05) is 19.9 Å². The Kier molecular flexibility index (Phi) is 7.96. The van der Waals surface area contributed by atoms with Crippen LogP contribution < -0.4 is 16.1 Å². The molecule has 0 saturated carbocycles. The number of rotatable bonds is 5. The maximum Gasteiger partial charge on any atom is 0.329 e. The lowest BCUT2D eigenvalue weighted by atomic mass is 10.1. The van der Waals surface area contributed by atoms with E-state index in [1.54, 1.807) is 24.3 Å². The molecule has 10 heteroatoms. The highest BCUT2D eigenvalue weighted by Crippen LogP contribution is 2.14. The van der Waals surface area contributed by atoms with Crippen molar-refractivity contribution in [1.82, 2.24) is 15.6 Å². The highest BCUT2D eigenvalue weighted by atomic mass is 16.3. The molecule has 2 heterocycles. The van der Waals surface area contributed by atoms with Crippen molar-refractivity contribution in [3.8, 4) is 0 Å². The standard InChI is InChI=1S/C23H27N5O5/c1-15-6-7-17(12-16(15)2)26-21(30)20(29)24-13-18-8-9-19(33-18)14-25-27-22(31)23(32)28-10-4-3-5-11-28/h6-9,12,14H,3-5,10-11,13H2,1-2H3,(H,24,29)(H,26,30)(H,27,31)/b25-14+. The molecule has 1 fully saturated rings. The van der Waals surface area contributed by atoms with Gasteiger partial charge in [-0.3, -0.25) is 19.2 Å². The van der Waals surface area contributed by atoms with Crippen LogP contribution in [0.2, 0.25) is 0 Å². The lowest BCUT2D eigenvalue weighted by Gasteiger charge is -2.25. The Hall–Kier alpha value is -3.95. The number of hydrogen-bond acceptors (Lipinski definition) is 6. The summed E-state index contributed by atoms with van der Waals surface area (Å²) in [6.07, 6.45) is 4.09. The van der Waals surface area contributed by atoms with Crippen molar-refractivity contribution in [1.29, 1.82) is 0 Å². The number of carbonyl (C=O) groups excluding carboxylic acids is 4. The average molecular weight is 453 g/mol. The number of piperidine rings is 1. The summed E-state index contributed by atoms with van der Waals surface area (Å²) in [5.41, 5.74) is 4.82. The Morgan fingerprint density at radius 2 is 1.73 bits per heavy atom. The zero-order valence-electron chi connectivity index (χ0n) is 18.6. The highest BCUT2D eigenvalue weighted by Gasteiger charge is 2.22. The first kappa shape index (κ1) is 23.7. The van der Waals surface area contributed by atoms with Crippen LogP contribution in [0.4, 0.5) is 5.69 Å². The van der Waals surface area contributed by atoms with E-state index in [0.29, 0.717) is 30.3 Å². The van der Waals surface area contributed by atoms with Crippen LogP contribution in [0, 0.1) is 13.8 Å². The molecule has 174 valence electrons. The normalized spacial score (nSPS) is 13.6. The lowest BCUT2D eigenvalue weighted by molar-refractivity contribution is -0.146. The number of anilines is 1. The van der Waals surface area contributed by atoms with Crippen LogP contribution in [-0.2, 0) is 25.7 Å². The van der Waals surface area contributed by atoms with Crippen LogP contribution in [-0.4, -0.2) is 47.8 Å². The third-order valence-electron chi connectivity index (χ3n) is 5.27. The second kappa shape index (κ2) is 11.1. The molecule has 1 aliphatic heterocycles. The number of benzene rings is 1. The summed E-state index contributed by atoms with van der Waals surface area (Å²) in [7, 11) is 0. The second-order valence-electron chi connectivity index (χ2n) is 7.79. The predicted molar refractivity (Wildman–Crippen MR) is 121 cm³/mol. The summed E-state index contributed by atoms with van der Waals surface area (Å²) in [6.45, 7) is 5.02. The molecule has 0 atom stereocenters. The van der Waals surface area contributed by atoms with Gasteiger partial charge in [-0.2, -0.15) is 5.10 Å². The van der Waals surface area contributed by atoms with Gasteiger partial charge in [0.2, 0.25) is 0 Å². The molecule has 4 amide bonds. The molecule has 2 aromatic rings. The van der Waals surface area contributed by atoms with Gasteiger partial charge in [0.25, 0.3) is 0 Å². The molecule has 0 unspecified atom stereocenters. The molecule has 3 rings (SSSR count). The number of hydrogen-bond donors (Lipinski definition) is 3. The van der Waals surface area contributed by atoms with Gasteiger partial charge in [0.1, 0.15) is 11.5 Å². The van der Waals surface area contributed by atoms with Crippen molar-refractivity contribution < 1.29 is 23.6 Å². The molecular weight excluding hydrogens is 426 g/mol. The largest absolute Gasteiger partial charge is 0.458 e. The first-order valence-electron chi connectivity index (χ1n) is 10.7. The minimum Gasteiger partial charge on any atom is -0.458 e. The number of aryl methyl sites for hydroxylation is 2. The van der Waals surface area contributed by atoms with Gasteiger partial charge in [0.05, 0.1) is 12.8 Å². The van der Waals surface area contributed by atoms with Gasteiger partial charge in [-0.15, -0.1) is 0 Å². The van der Waals surface area contributed by atoms with Gasteiger partial charge in [-0.05, 0) is 68.5 Å². The maximum absolute atomic E-state index is 12.1. The molecule has 1 aliphatic rings.